The van der Waals surface area contributed by atoms with Crippen LogP contribution in [0.2, 0.25) is 0 Å². The first-order valence-electron chi connectivity index (χ1n) is 9.84. The normalized spacial score (nSPS) is 29.1. The molecule has 3 rings (SSSR count). The smallest absolute Gasteiger partial charge is 0.254 e. The van der Waals surface area contributed by atoms with E-state index in [9.17, 15) is 9.90 Å². The first kappa shape index (κ1) is 20.1. The molecule has 0 bridgehead atoms. The van der Waals surface area contributed by atoms with Crippen molar-refractivity contribution >= 4 is 5.91 Å². The first-order chi connectivity index (χ1) is 12.9. The van der Waals surface area contributed by atoms with Gasteiger partial charge in [0.2, 0.25) is 0 Å². The SMILES string of the molecule is COc1cccc(C(=O)N2C[C@@H](CN3C[C@@H](C)O[C@@H](C)C3)[C@@H](CO)C2)c1C. The van der Waals surface area contributed by atoms with Crippen LogP contribution in [0.15, 0.2) is 18.2 Å². The summed E-state index contributed by atoms with van der Waals surface area (Å²) in [5.41, 5.74) is 1.55. The van der Waals surface area contributed by atoms with Gasteiger partial charge in [-0.25, -0.2) is 0 Å². The summed E-state index contributed by atoms with van der Waals surface area (Å²) in [6.45, 7) is 10.2. The van der Waals surface area contributed by atoms with Crippen molar-refractivity contribution in [3.05, 3.63) is 29.3 Å². The average molecular weight is 376 g/mol. The van der Waals surface area contributed by atoms with Gasteiger partial charge in [-0.05, 0) is 38.8 Å². The molecule has 6 nitrogen and oxygen atoms in total. The van der Waals surface area contributed by atoms with E-state index >= 15 is 0 Å². The van der Waals surface area contributed by atoms with E-state index in [-0.39, 0.29) is 36.6 Å². The van der Waals surface area contributed by atoms with Crippen molar-refractivity contribution in [2.45, 2.75) is 33.0 Å². The molecule has 0 unspecified atom stereocenters. The van der Waals surface area contributed by atoms with Crippen LogP contribution >= 0.6 is 0 Å². The highest BCUT2D eigenvalue weighted by molar-refractivity contribution is 5.96. The summed E-state index contributed by atoms with van der Waals surface area (Å²) in [7, 11) is 1.62. The monoisotopic (exact) mass is 376 g/mol. The van der Waals surface area contributed by atoms with Gasteiger partial charge in [0.25, 0.3) is 5.91 Å². The van der Waals surface area contributed by atoms with Crippen LogP contribution < -0.4 is 4.74 Å². The van der Waals surface area contributed by atoms with Gasteiger partial charge in [0.15, 0.2) is 0 Å². The molecule has 2 saturated heterocycles. The zero-order valence-electron chi connectivity index (χ0n) is 16.9. The third kappa shape index (κ3) is 4.45. The molecule has 1 N–H and O–H groups in total. The molecule has 0 aliphatic carbocycles. The Morgan fingerprint density at radius 3 is 2.48 bits per heavy atom. The number of morpholine rings is 1. The number of amides is 1. The summed E-state index contributed by atoms with van der Waals surface area (Å²) in [6, 6.07) is 5.58. The second-order valence-electron chi connectivity index (χ2n) is 8.02. The maximum Gasteiger partial charge on any atom is 0.254 e. The van der Waals surface area contributed by atoms with Crippen LogP contribution in [0.25, 0.3) is 0 Å². The number of aliphatic hydroxyl groups is 1. The third-order valence-electron chi connectivity index (χ3n) is 5.82. The molecular weight excluding hydrogens is 344 g/mol. The highest BCUT2D eigenvalue weighted by atomic mass is 16.5. The summed E-state index contributed by atoms with van der Waals surface area (Å²) in [6.07, 6.45) is 0.444. The summed E-state index contributed by atoms with van der Waals surface area (Å²) in [5.74, 6) is 1.15. The van der Waals surface area contributed by atoms with Gasteiger partial charge in [-0.3, -0.25) is 9.69 Å². The molecule has 2 aliphatic heterocycles. The number of methoxy groups -OCH3 is 1. The summed E-state index contributed by atoms with van der Waals surface area (Å²) in [5, 5.41) is 9.88. The van der Waals surface area contributed by atoms with E-state index in [0.29, 0.717) is 18.7 Å². The number of likely N-dealkylation sites (tertiary alicyclic amines) is 1. The van der Waals surface area contributed by atoms with Gasteiger partial charge >= 0.3 is 0 Å². The number of nitrogens with zero attached hydrogens (tertiary/aromatic N) is 2. The highest BCUT2D eigenvalue weighted by Gasteiger charge is 2.37. The van der Waals surface area contributed by atoms with Gasteiger partial charge in [0, 0.05) is 56.4 Å². The second-order valence-corrected chi connectivity index (χ2v) is 8.02. The molecule has 1 amide bonds. The molecule has 0 radical (unpaired) electrons. The minimum absolute atomic E-state index is 0.0241. The summed E-state index contributed by atoms with van der Waals surface area (Å²) < 4.78 is 11.2. The maximum absolute atomic E-state index is 13.1. The van der Waals surface area contributed by atoms with Crippen LogP contribution in [-0.4, -0.2) is 79.5 Å². The number of rotatable bonds is 5. The van der Waals surface area contributed by atoms with E-state index in [1.54, 1.807) is 7.11 Å². The fraction of sp³-hybridized carbons (Fsp3) is 0.667. The lowest BCUT2D eigenvalue weighted by Gasteiger charge is -2.37. The number of carbonyl (C=O) groups excluding carboxylic acids is 1. The molecule has 0 aromatic heterocycles. The molecule has 2 heterocycles. The average Bonchev–Trinajstić information content (AvgIpc) is 3.03. The molecule has 1 aromatic carbocycles. The lowest BCUT2D eigenvalue weighted by atomic mass is 9.96. The highest BCUT2D eigenvalue weighted by Crippen LogP contribution is 2.29. The van der Waals surface area contributed by atoms with E-state index in [0.717, 1.165) is 30.9 Å². The van der Waals surface area contributed by atoms with Crippen LogP contribution in [0.4, 0.5) is 0 Å². The molecule has 0 saturated carbocycles. The number of benzene rings is 1. The Bertz CT molecular complexity index is 656. The molecular formula is C21H32N2O4. The lowest BCUT2D eigenvalue weighted by molar-refractivity contribution is -0.0726. The van der Waals surface area contributed by atoms with E-state index < -0.39 is 0 Å². The maximum atomic E-state index is 13.1. The zero-order chi connectivity index (χ0) is 19.6. The molecule has 0 spiro atoms. The Hall–Kier alpha value is -1.63. The van der Waals surface area contributed by atoms with Gasteiger partial charge in [-0.2, -0.15) is 0 Å². The van der Waals surface area contributed by atoms with E-state index in [4.69, 9.17) is 9.47 Å². The number of carbonyl (C=O) groups is 1. The molecule has 1 aromatic rings. The molecule has 2 aliphatic rings. The van der Waals surface area contributed by atoms with Crippen molar-refractivity contribution in [3.8, 4) is 5.75 Å². The number of aliphatic hydroxyl groups excluding tert-OH is 1. The molecule has 150 valence electrons. The zero-order valence-corrected chi connectivity index (χ0v) is 16.9. The molecule has 27 heavy (non-hydrogen) atoms. The van der Waals surface area contributed by atoms with Crippen molar-refractivity contribution in [2.24, 2.45) is 11.8 Å². The fourth-order valence-electron chi connectivity index (χ4n) is 4.52. The van der Waals surface area contributed by atoms with Crippen LogP contribution in [0.5, 0.6) is 5.75 Å². The van der Waals surface area contributed by atoms with Crippen LogP contribution in [0.3, 0.4) is 0 Å². The van der Waals surface area contributed by atoms with Gasteiger partial charge in [0.1, 0.15) is 5.75 Å². The van der Waals surface area contributed by atoms with E-state index in [2.05, 4.69) is 18.7 Å². The predicted molar refractivity (Wildman–Crippen MR) is 104 cm³/mol. The Balaban J connectivity index is 1.69. The lowest BCUT2D eigenvalue weighted by Crippen LogP contribution is -2.48. The van der Waals surface area contributed by atoms with Gasteiger partial charge in [0.05, 0.1) is 19.3 Å². The van der Waals surface area contributed by atoms with Crippen LogP contribution in [0, 0.1) is 18.8 Å². The topological polar surface area (TPSA) is 62.2 Å². The number of hydrogen-bond donors (Lipinski definition) is 1. The Morgan fingerprint density at radius 2 is 1.85 bits per heavy atom. The van der Waals surface area contributed by atoms with Crippen molar-refractivity contribution in [2.75, 3.05) is 46.4 Å². The Kier molecular flexibility index (Phi) is 6.40. The van der Waals surface area contributed by atoms with Crippen molar-refractivity contribution in [3.63, 3.8) is 0 Å². The number of ether oxygens (including phenoxy) is 2. The van der Waals surface area contributed by atoms with E-state index in [1.165, 1.54) is 0 Å². The Labute approximate surface area is 162 Å². The minimum atomic E-state index is 0.0241. The molecule has 6 heteroatoms. The summed E-state index contributed by atoms with van der Waals surface area (Å²) >= 11 is 0. The Morgan fingerprint density at radius 1 is 1.19 bits per heavy atom. The first-order valence-corrected chi connectivity index (χ1v) is 9.84. The van der Waals surface area contributed by atoms with Crippen molar-refractivity contribution < 1.29 is 19.4 Å². The molecule has 2 fully saturated rings. The quantitative estimate of drug-likeness (QED) is 0.849. The largest absolute Gasteiger partial charge is 0.496 e. The van der Waals surface area contributed by atoms with E-state index in [1.807, 2.05) is 30.0 Å². The van der Waals surface area contributed by atoms with Crippen LogP contribution in [-0.2, 0) is 4.74 Å². The minimum Gasteiger partial charge on any atom is -0.496 e. The van der Waals surface area contributed by atoms with Gasteiger partial charge in [-0.15, -0.1) is 0 Å². The van der Waals surface area contributed by atoms with Gasteiger partial charge < -0.3 is 19.5 Å². The standard InChI is InChI=1S/C21H32N2O4/c1-14-8-22(9-15(2)27-14)10-17-11-23(12-18(17)13-24)21(25)19-6-5-7-20(26-4)16(19)3/h5-7,14-15,17-18,24H,8-13H2,1-4H3/t14-,15+,17-,18-/m1/s1. The predicted octanol–water partition coefficient (Wildman–Crippen LogP) is 1.79. The summed E-state index contributed by atoms with van der Waals surface area (Å²) in [4.78, 5) is 17.4. The second kappa shape index (κ2) is 8.59. The number of hydrogen-bond acceptors (Lipinski definition) is 5. The van der Waals surface area contributed by atoms with Crippen LogP contribution in [0.1, 0.15) is 29.8 Å². The van der Waals surface area contributed by atoms with Gasteiger partial charge in [-0.1, -0.05) is 6.07 Å². The molecule has 4 atom stereocenters. The third-order valence-corrected chi connectivity index (χ3v) is 5.82. The fourth-order valence-corrected chi connectivity index (χ4v) is 4.52. The van der Waals surface area contributed by atoms with Crippen molar-refractivity contribution in [1.82, 2.24) is 9.80 Å². The van der Waals surface area contributed by atoms with Crippen molar-refractivity contribution in [1.29, 1.82) is 0 Å².